The quantitative estimate of drug-likeness (QED) is 0.602. The minimum atomic E-state index is -4.59. The van der Waals surface area contributed by atoms with Crippen LogP contribution in [0.5, 0.6) is 0 Å². The van der Waals surface area contributed by atoms with E-state index in [1.54, 1.807) is 0 Å². The van der Waals surface area contributed by atoms with Gasteiger partial charge in [0.05, 0.1) is 19.0 Å². The van der Waals surface area contributed by atoms with E-state index in [0.29, 0.717) is 0 Å². The van der Waals surface area contributed by atoms with E-state index in [0.717, 1.165) is 6.20 Å². The zero-order valence-corrected chi connectivity index (χ0v) is 8.37. The van der Waals surface area contributed by atoms with Crippen molar-refractivity contribution < 1.29 is 27.5 Å². The summed E-state index contributed by atoms with van der Waals surface area (Å²) in [7, 11) is 0. The molecule has 5 nitrogen and oxygen atoms in total. The number of carbonyl (C=O) groups is 2. The zero-order valence-electron chi connectivity index (χ0n) is 8.37. The largest absolute Gasteiger partial charge is 0.433 e. The molecule has 0 atom stereocenters. The maximum absolute atomic E-state index is 12.6. The average molecular weight is 248 g/mol. The number of esters is 2. The molecule has 17 heavy (non-hydrogen) atoms. The Hall–Kier alpha value is -1.86. The van der Waals surface area contributed by atoms with Gasteiger partial charge in [0.25, 0.3) is 0 Å². The third-order valence-corrected chi connectivity index (χ3v) is 2.45. The summed E-state index contributed by atoms with van der Waals surface area (Å²) in [5.41, 5.74) is -1.20. The predicted molar refractivity (Wildman–Crippen MR) is 46.7 cm³/mol. The number of rotatable bonds is 1. The van der Waals surface area contributed by atoms with Crippen LogP contribution in [0.2, 0.25) is 0 Å². The first-order valence-corrected chi connectivity index (χ1v) is 4.72. The van der Waals surface area contributed by atoms with Crippen LogP contribution in [0.3, 0.4) is 0 Å². The Kier molecular flexibility index (Phi) is 2.64. The summed E-state index contributed by atoms with van der Waals surface area (Å²) < 4.78 is 41.9. The first-order chi connectivity index (χ1) is 7.88. The van der Waals surface area contributed by atoms with E-state index in [-0.39, 0.29) is 18.4 Å². The fraction of sp³-hybridized carbons (Fsp3) is 0.444. The second-order valence-electron chi connectivity index (χ2n) is 3.65. The molecule has 8 heteroatoms. The molecule has 0 radical (unpaired) electrons. The van der Waals surface area contributed by atoms with Crippen molar-refractivity contribution in [2.24, 2.45) is 0 Å². The van der Waals surface area contributed by atoms with Gasteiger partial charge in [0.15, 0.2) is 0 Å². The molecule has 0 bridgehead atoms. The second-order valence-corrected chi connectivity index (χ2v) is 3.65. The van der Waals surface area contributed by atoms with E-state index < -0.39 is 29.7 Å². The molecule has 1 fully saturated rings. The van der Waals surface area contributed by atoms with Gasteiger partial charge in [-0.1, -0.05) is 0 Å². The third kappa shape index (κ3) is 2.29. The third-order valence-electron chi connectivity index (χ3n) is 2.45. The monoisotopic (exact) mass is 248 g/mol. The lowest BCUT2D eigenvalue weighted by atomic mass is 9.91. The number of nitrogens with zero attached hydrogens (tertiary/aromatic N) is 1. The van der Waals surface area contributed by atoms with E-state index in [4.69, 9.17) is 0 Å². The van der Waals surface area contributed by atoms with Crippen LogP contribution in [0.1, 0.15) is 30.0 Å². The number of halogens is 3. The molecule has 0 amide bonds. The number of hydrogen-bond acceptors (Lipinski definition) is 4. The average Bonchev–Trinajstić information content (AvgIpc) is 2.63. The van der Waals surface area contributed by atoms with Crippen molar-refractivity contribution in [2.45, 2.75) is 24.9 Å². The molecule has 0 aromatic carbocycles. The van der Waals surface area contributed by atoms with Crippen LogP contribution in [0.4, 0.5) is 13.2 Å². The maximum atomic E-state index is 12.6. The normalized spacial score (nSPS) is 18.3. The van der Waals surface area contributed by atoms with E-state index in [2.05, 4.69) is 9.84 Å². The maximum Gasteiger partial charge on any atom is 0.433 e. The Bertz CT molecular complexity index is 450. The number of hydrogen-bond donors (Lipinski definition) is 1. The molecule has 0 unspecified atom stereocenters. The van der Waals surface area contributed by atoms with Crippen molar-refractivity contribution in [3.05, 3.63) is 17.5 Å². The Labute approximate surface area is 92.9 Å². The molecule has 1 N–H and O–H groups in total. The fourth-order valence-corrected chi connectivity index (χ4v) is 1.74. The lowest BCUT2D eigenvalue weighted by Gasteiger charge is -2.20. The zero-order chi connectivity index (χ0) is 12.6. The molecule has 92 valence electrons. The molecule has 0 saturated carbocycles. The molecule has 2 rings (SSSR count). The lowest BCUT2D eigenvalue weighted by Crippen LogP contribution is -2.25. The summed E-state index contributed by atoms with van der Waals surface area (Å²) in [5.74, 6) is -2.47. The van der Waals surface area contributed by atoms with Crippen molar-refractivity contribution in [1.29, 1.82) is 0 Å². The number of aromatic amines is 1. The lowest BCUT2D eigenvalue weighted by molar-refractivity contribution is -0.164. The predicted octanol–water partition coefficient (Wildman–Crippen LogP) is 1.38. The van der Waals surface area contributed by atoms with Gasteiger partial charge in [-0.15, -0.1) is 0 Å². The molecule has 1 aliphatic rings. The number of ether oxygens (including phenoxy) is 1. The Morgan fingerprint density at radius 3 is 2.41 bits per heavy atom. The van der Waals surface area contributed by atoms with Crippen molar-refractivity contribution in [1.82, 2.24) is 10.2 Å². The molecule has 1 aliphatic heterocycles. The smallest absolute Gasteiger partial charge is 0.393 e. The van der Waals surface area contributed by atoms with Crippen LogP contribution in [0.25, 0.3) is 0 Å². The highest BCUT2D eigenvalue weighted by Gasteiger charge is 2.40. The molecule has 0 spiro atoms. The van der Waals surface area contributed by atoms with Crippen LogP contribution >= 0.6 is 0 Å². The summed E-state index contributed by atoms with van der Waals surface area (Å²) in [6, 6.07) is 0. The van der Waals surface area contributed by atoms with Gasteiger partial charge in [0, 0.05) is 11.5 Å². The van der Waals surface area contributed by atoms with Gasteiger partial charge >= 0.3 is 18.1 Å². The van der Waals surface area contributed by atoms with Crippen molar-refractivity contribution >= 4 is 11.9 Å². The molecule has 0 aliphatic carbocycles. The van der Waals surface area contributed by atoms with Crippen LogP contribution in [-0.2, 0) is 20.5 Å². The van der Waals surface area contributed by atoms with Gasteiger partial charge in [-0.25, -0.2) is 0 Å². The van der Waals surface area contributed by atoms with Crippen molar-refractivity contribution in [2.75, 3.05) is 0 Å². The first kappa shape index (κ1) is 11.6. The Morgan fingerprint density at radius 1 is 1.29 bits per heavy atom. The van der Waals surface area contributed by atoms with E-state index >= 15 is 0 Å². The van der Waals surface area contributed by atoms with Gasteiger partial charge in [-0.05, 0) is 0 Å². The van der Waals surface area contributed by atoms with Gasteiger partial charge < -0.3 is 4.74 Å². The van der Waals surface area contributed by atoms with E-state index in [1.165, 1.54) is 0 Å². The molecule has 1 saturated heterocycles. The first-order valence-electron chi connectivity index (χ1n) is 4.72. The summed E-state index contributed by atoms with van der Waals surface area (Å²) >= 11 is 0. The van der Waals surface area contributed by atoms with Crippen LogP contribution in [-0.4, -0.2) is 22.1 Å². The van der Waals surface area contributed by atoms with E-state index in [9.17, 15) is 22.8 Å². The summed E-state index contributed by atoms with van der Waals surface area (Å²) in [4.78, 5) is 22.0. The van der Waals surface area contributed by atoms with E-state index in [1.807, 2.05) is 5.10 Å². The number of alkyl halides is 3. The SMILES string of the molecule is O=C1CC(c2cn[nH]c2C(F)(F)F)CC(=O)O1. The fourth-order valence-electron chi connectivity index (χ4n) is 1.74. The standard InChI is InChI=1S/C9H7F3N2O3/c10-9(11,12)8-5(3-13-14-8)4-1-6(15)17-7(16)2-4/h3-4H,1-2H2,(H,13,14). The number of H-pyrrole nitrogens is 1. The molecular formula is C9H7F3N2O3. The van der Waals surface area contributed by atoms with Gasteiger partial charge in [-0.3, -0.25) is 14.7 Å². The van der Waals surface area contributed by atoms with Gasteiger partial charge in [0.1, 0.15) is 5.69 Å². The minimum absolute atomic E-state index is 0.178. The molecule has 1 aromatic heterocycles. The van der Waals surface area contributed by atoms with Gasteiger partial charge in [-0.2, -0.15) is 18.3 Å². The van der Waals surface area contributed by atoms with Crippen LogP contribution < -0.4 is 0 Å². The Morgan fingerprint density at radius 2 is 1.88 bits per heavy atom. The molecular weight excluding hydrogens is 241 g/mol. The van der Waals surface area contributed by atoms with Crippen molar-refractivity contribution in [3.8, 4) is 0 Å². The molecule has 1 aromatic rings. The highest BCUT2D eigenvalue weighted by molar-refractivity contribution is 5.89. The second kappa shape index (κ2) is 3.86. The number of carbonyl (C=O) groups excluding carboxylic acids is 2. The number of nitrogens with one attached hydrogen (secondary N) is 1. The summed E-state index contributed by atoms with van der Waals surface area (Å²) in [6.07, 6.45) is -4.11. The van der Waals surface area contributed by atoms with Crippen LogP contribution in [0.15, 0.2) is 6.20 Å². The van der Waals surface area contributed by atoms with Gasteiger partial charge in [0.2, 0.25) is 0 Å². The molecule has 2 heterocycles. The topological polar surface area (TPSA) is 72.0 Å². The Balaban J connectivity index is 2.31. The highest BCUT2D eigenvalue weighted by Crippen LogP contribution is 2.37. The summed E-state index contributed by atoms with van der Waals surface area (Å²) in [6.45, 7) is 0. The minimum Gasteiger partial charge on any atom is -0.393 e. The number of cyclic esters (lactones) is 2. The highest BCUT2D eigenvalue weighted by atomic mass is 19.4. The number of aromatic nitrogens is 2. The van der Waals surface area contributed by atoms with Crippen molar-refractivity contribution in [3.63, 3.8) is 0 Å². The van der Waals surface area contributed by atoms with Crippen LogP contribution in [0, 0.1) is 0 Å². The summed E-state index contributed by atoms with van der Waals surface area (Å²) in [5, 5.41) is 5.14.